The highest BCUT2D eigenvalue weighted by molar-refractivity contribution is 5.34. The maximum atomic E-state index is 12.9. The lowest BCUT2D eigenvalue weighted by Gasteiger charge is -2.11. The van der Waals surface area contributed by atoms with Gasteiger partial charge in [-0.2, -0.15) is 0 Å². The number of benzene rings is 1. The van der Waals surface area contributed by atoms with Crippen LogP contribution < -0.4 is 5.32 Å². The molecule has 1 aromatic rings. The van der Waals surface area contributed by atoms with E-state index in [0.717, 1.165) is 31.5 Å². The third-order valence-corrected chi connectivity index (χ3v) is 2.75. The Labute approximate surface area is 86.9 Å². The summed E-state index contributed by atoms with van der Waals surface area (Å²) in [5.74, 6) is -2.07. The molecule has 15 heavy (non-hydrogen) atoms. The molecule has 0 aromatic heterocycles. The Hall–Kier alpha value is -1.16. The number of aromatic hydroxyl groups is 1. The number of hydrogen-bond donors (Lipinski definition) is 2. The molecule has 2 rings (SSSR count). The van der Waals surface area contributed by atoms with Gasteiger partial charge in [-0.15, -0.1) is 0 Å². The Kier molecular flexibility index (Phi) is 2.86. The van der Waals surface area contributed by atoms with Crippen LogP contribution in [0.4, 0.5) is 8.78 Å². The van der Waals surface area contributed by atoms with Crippen LogP contribution in [-0.4, -0.2) is 17.7 Å². The Morgan fingerprint density at radius 1 is 1.33 bits per heavy atom. The van der Waals surface area contributed by atoms with Crippen molar-refractivity contribution in [2.75, 3.05) is 6.54 Å². The first-order valence-corrected chi connectivity index (χ1v) is 5.07. The van der Waals surface area contributed by atoms with E-state index >= 15 is 0 Å². The van der Waals surface area contributed by atoms with E-state index < -0.39 is 11.6 Å². The van der Waals surface area contributed by atoms with Crippen molar-refractivity contribution in [2.24, 2.45) is 0 Å². The predicted molar refractivity (Wildman–Crippen MR) is 52.8 cm³/mol. The summed E-state index contributed by atoms with van der Waals surface area (Å²) in [6.07, 6.45) is 2.65. The first kappa shape index (κ1) is 10.4. The first-order chi connectivity index (χ1) is 7.16. The standard InChI is InChI=1S/C11H13F2NO/c12-9-5-7(11(15)6-10(9)13)4-8-2-1-3-14-8/h5-6,8,14-15H,1-4H2. The molecule has 1 unspecified atom stereocenters. The molecule has 0 saturated carbocycles. The molecule has 1 aromatic carbocycles. The fourth-order valence-electron chi connectivity index (χ4n) is 1.94. The van der Waals surface area contributed by atoms with Crippen molar-refractivity contribution in [2.45, 2.75) is 25.3 Å². The van der Waals surface area contributed by atoms with Crippen molar-refractivity contribution < 1.29 is 13.9 Å². The molecule has 0 spiro atoms. The summed E-state index contributed by atoms with van der Waals surface area (Å²) >= 11 is 0. The number of hydrogen-bond acceptors (Lipinski definition) is 2. The third-order valence-electron chi connectivity index (χ3n) is 2.75. The second-order valence-corrected chi connectivity index (χ2v) is 3.89. The minimum atomic E-state index is -1.00. The van der Waals surface area contributed by atoms with E-state index in [1.54, 1.807) is 0 Å². The summed E-state index contributed by atoms with van der Waals surface area (Å²) in [7, 11) is 0. The fraction of sp³-hybridized carbons (Fsp3) is 0.455. The molecule has 1 aliphatic rings. The fourth-order valence-corrected chi connectivity index (χ4v) is 1.94. The van der Waals surface area contributed by atoms with Crippen LogP contribution in [0.15, 0.2) is 12.1 Å². The van der Waals surface area contributed by atoms with Gasteiger partial charge in [0, 0.05) is 12.1 Å². The Balaban J connectivity index is 2.16. The van der Waals surface area contributed by atoms with Crippen molar-refractivity contribution in [3.63, 3.8) is 0 Å². The van der Waals surface area contributed by atoms with Gasteiger partial charge in [0.1, 0.15) is 5.75 Å². The van der Waals surface area contributed by atoms with Gasteiger partial charge in [-0.25, -0.2) is 8.78 Å². The number of rotatable bonds is 2. The minimum Gasteiger partial charge on any atom is -0.508 e. The van der Waals surface area contributed by atoms with Gasteiger partial charge in [0.25, 0.3) is 0 Å². The SMILES string of the molecule is Oc1cc(F)c(F)cc1CC1CCCN1. The second-order valence-electron chi connectivity index (χ2n) is 3.89. The van der Waals surface area contributed by atoms with Gasteiger partial charge >= 0.3 is 0 Å². The zero-order chi connectivity index (χ0) is 10.8. The Morgan fingerprint density at radius 3 is 2.73 bits per heavy atom. The van der Waals surface area contributed by atoms with E-state index in [2.05, 4.69) is 5.32 Å². The molecule has 0 amide bonds. The van der Waals surface area contributed by atoms with Crippen LogP contribution in [0.25, 0.3) is 0 Å². The average molecular weight is 213 g/mol. The van der Waals surface area contributed by atoms with Crippen molar-refractivity contribution in [3.05, 3.63) is 29.3 Å². The average Bonchev–Trinajstić information content (AvgIpc) is 2.67. The van der Waals surface area contributed by atoms with Gasteiger partial charge in [0.2, 0.25) is 0 Å². The lowest BCUT2D eigenvalue weighted by atomic mass is 10.0. The topological polar surface area (TPSA) is 32.3 Å². The zero-order valence-corrected chi connectivity index (χ0v) is 8.26. The van der Waals surface area contributed by atoms with Crippen molar-refractivity contribution in [1.82, 2.24) is 5.32 Å². The zero-order valence-electron chi connectivity index (χ0n) is 8.26. The number of nitrogens with one attached hydrogen (secondary N) is 1. The molecular weight excluding hydrogens is 200 g/mol. The predicted octanol–water partition coefficient (Wildman–Crippen LogP) is 1.96. The highest BCUT2D eigenvalue weighted by Crippen LogP contribution is 2.23. The number of phenolic OH excluding ortho intramolecular Hbond substituents is 1. The Morgan fingerprint density at radius 2 is 2.07 bits per heavy atom. The van der Waals surface area contributed by atoms with E-state index in [-0.39, 0.29) is 11.8 Å². The summed E-state index contributed by atoms with van der Waals surface area (Å²) < 4.78 is 25.6. The molecule has 1 saturated heterocycles. The second kappa shape index (κ2) is 4.14. The molecule has 0 bridgehead atoms. The van der Waals surface area contributed by atoms with E-state index in [9.17, 15) is 13.9 Å². The monoisotopic (exact) mass is 213 g/mol. The van der Waals surface area contributed by atoms with Gasteiger partial charge in [-0.3, -0.25) is 0 Å². The Bertz CT molecular complexity index is 362. The van der Waals surface area contributed by atoms with Crippen LogP contribution in [0, 0.1) is 11.6 Å². The molecule has 1 atom stereocenters. The van der Waals surface area contributed by atoms with Crippen molar-refractivity contribution in [1.29, 1.82) is 0 Å². The molecule has 0 radical (unpaired) electrons. The normalized spacial score (nSPS) is 20.8. The van der Waals surface area contributed by atoms with Gasteiger partial charge in [-0.05, 0) is 37.4 Å². The molecule has 0 aliphatic carbocycles. The first-order valence-electron chi connectivity index (χ1n) is 5.07. The maximum absolute atomic E-state index is 12.9. The summed E-state index contributed by atoms with van der Waals surface area (Å²) in [6, 6.07) is 2.17. The maximum Gasteiger partial charge on any atom is 0.162 e. The van der Waals surface area contributed by atoms with Crippen molar-refractivity contribution >= 4 is 0 Å². The van der Waals surface area contributed by atoms with Gasteiger partial charge < -0.3 is 10.4 Å². The largest absolute Gasteiger partial charge is 0.508 e. The summed E-state index contributed by atoms with van der Waals surface area (Å²) in [6.45, 7) is 0.953. The van der Waals surface area contributed by atoms with E-state index in [1.165, 1.54) is 0 Å². The van der Waals surface area contributed by atoms with Crippen molar-refractivity contribution in [3.8, 4) is 5.75 Å². The van der Waals surface area contributed by atoms with Crippen LogP contribution in [0.1, 0.15) is 18.4 Å². The molecule has 2 N–H and O–H groups in total. The molecule has 2 nitrogen and oxygen atoms in total. The molecule has 1 fully saturated rings. The molecule has 1 aliphatic heterocycles. The van der Waals surface area contributed by atoms with Crippen LogP contribution in [0.5, 0.6) is 5.75 Å². The lowest BCUT2D eigenvalue weighted by Crippen LogP contribution is -2.23. The summed E-state index contributed by atoms with van der Waals surface area (Å²) in [5, 5.41) is 12.7. The van der Waals surface area contributed by atoms with Crippen LogP contribution in [0.3, 0.4) is 0 Å². The summed E-state index contributed by atoms with van der Waals surface area (Å²) in [5.41, 5.74) is 0.466. The highest BCUT2D eigenvalue weighted by Gasteiger charge is 2.17. The third kappa shape index (κ3) is 2.26. The van der Waals surface area contributed by atoms with Crippen LogP contribution in [0.2, 0.25) is 0 Å². The molecule has 4 heteroatoms. The van der Waals surface area contributed by atoms with Gasteiger partial charge in [-0.1, -0.05) is 0 Å². The van der Waals surface area contributed by atoms with Gasteiger partial charge in [0.05, 0.1) is 0 Å². The quantitative estimate of drug-likeness (QED) is 0.787. The number of halogens is 2. The lowest BCUT2D eigenvalue weighted by molar-refractivity contribution is 0.442. The molecular formula is C11H13F2NO. The molecule has 1 heterocycles. The van der Waals surface area contributed by atoms with E-state index in [4.69, 9.17) is 0 Å². The van der Waals surface area contributed by atoms with Crippen LogP contribution >= 0.6 is 0 Å². The smallest absolute Gasteiger partial charge is 0.162 e. The minimum absolute atomic E-state index is 0.164. The van der Waals surface area contributed by atoms with E-state index in [1.807, 2.05) is 0 Å². The van der Waals surface area contributed by atoms with Crippen LogP contribution in [-0.2, 0) is 6.42 Å². The highest BCUT2D eigenvalue weighted by atomic mass is 19.2. The van der Waals surface area contributed by atoms with E-state index in [0.29, 0.717) is 12.0 Å². The summed E-state index contributed by atoms with van der Waals surface area (Å²) in [4.78, 5) is 0. The number of phenols is 1. The van der Waals surface area contributed by atoms with Gasteiger partial charge in [0.15, 0.2) is 11.6 Å². The molecule has 82 valence electrons.